The molecular weight excluding hydrogens is 408 g/mol. The van der Waals surface area contributed by atoms with Gasteiger partial charge in [0.1, 0.15) is 6.04 Å². The van der Waals surface area contributed by atoms with E-state index in [1.54, 1.807) is 12.1 Å². The predicted molar refractivity (Wildman–Crippen MR) is 84.4 cm³/mol. The number of benzene rings is 1. The van der Waals surface area contributed by atoms with E-state index in [1.165, 1.54) is 12.0 Å². The second-order valence-electron chi connectivity index (χ2n) is 4.63. The number of carbonyl (C=O) groups excluding carboxylic acids is 1. The number of hydrogen-bond donors (Lipinski definition) is 2. The molecule has 2 rings (SSSR count). The Balaban J connectivity index is 2.17. The van der Waals surface area contributed by atoms with Crippen molar-refractivity contribution >= 4 is 49.5 Å². The average molecular weight is 422 g/mol. The smallest absolute Gasteiger partial charge is 0.326 e. The number of carboxylic acids is 1. The summed E-state index contributed by atoms with van der Waals surface area (Å²) in [5, 5.41) is 11.9. The fraction of sp³-hybridized carbons (Fsp3) is 0.385. The zero-order chi connectivity index (χ0) is 15.6. The molecule has 0 aromatic heterocycles. The van der Waals surface area contributed by atoms with Crippen LogP contribution in [0, 0.1) is 0 Å². The molecule has 1 aromatic carbocycles. The number of hydrogen-bond acceptors (Lipinski definition) is 3. The van der Waals surface area contributed by atoms with Crippen molar-refractivity contribution in [2.24, 2.45) is 0 Å². The number of carboxylic acid groups (broad SMARTS) is 1. The number of methoxy groups -OCH3 is 1. The molecule has 1 heterocycles. The lowest BCUT2D eigenvalue weighted by atomic mass is 10.2. The third kappa shape index (κ3) is 3.56. The number of ether oxygens (including phenoxy) is 1. The lowest BCUT2D eigenvalue weighted by molar-refractivity contribution is -0.141. The number of halogens is 2. The summed E-state index contributed by atoms with van der Waals surface area (Å²) in [5.74, 6) is -1.03. The van der Waals surface area contributed by atoms with Crippen LogP contribution in [0.3, 0.4) is 0 Å². The molecule has 0 spiro atoms. The van der Waals surface area contributed by atoms with Crippen LogP contribution < -0.4 is 5.32 Å². The Kier molecular flexibility index (Phi) is 5.23. The molecule has 8 heteroatoms. The van der Waals surface area contributed by atoms with Gasteiger partial charge in [-0.3, -0.25) is 0 Å². The Bertz CT molecular complexity index is 547. The fourth-order valence-corrected chi connectivity index (χ4v) is 3.42. The first kappa shape index (κ1) is 16.3. The number of anilines is 1. The number of aliphatic carboxylic acids is 1. The summed E-state index contributed by atoms with van der Waals surface area (Å²) >= 11 is 6.70. The summed E-state index contributed by atoms with van der Waals surface area (Å²) in [5.41, 5.74) is 0.563. The summed E-state index contributed by atoms with van der Waals surface area (Å²) < 4.78 is 6.58. The summed E-state index contributed by atoms with van der Waals surface area (Å²) in [6.45, 7) is 0.251. The van der Waals surface area contributed by atoms with Gasteiger partial charge >= 0.3 is 12.0 Å². The largest absolute Gasteiger partial charge is 0.480 e. The van der Waals surface area contributed by atoms with Crippen LogP contribution >= 0.6 is 31.9 Å². The van der Waals surface area contributed by atoms with E-state index in [0.29, 0.717) is 14.6 Å². The number of nitrogens with one attached hydrogen (secondary N) is 1. The minimum Gasteiger partial charge on any atom is -0.480 e. The van der Waals surface area contributed by atoms with Gasteiger partial charge in [-0.15, -0.1) is 0 Å². The first-order valence-corrected chi connectivity index (χ1v) is 7.80. The quantitative estimate of drug-likeness (QED) is 0.786. The maximum atomic E-state index is 12.3. The van der Waals surface area contributed by atoms with Crippen molar-refractivity contribution < 1.29 is 19.4 Å². The molecule has 6 nitrogen and oxygen atoms in total. The monoisotopic (exact) mass is 420 g/mol. The number of nitrogens with zero attached hydrogens (tertiary/aromatic N) is 1. The molecule has 1 saturated heterocycles. The van der Waals surface area contributed by atoms with Crippen molar-refractivity contribution in [3.8, 4) is 0 Å². The third-order valence-corrected chi connectivity index (χ3v) is 4.66. The Morgan fingerprint density at radius 1 is 1.38 bits per heavy atom. The van der Waals surface area contributed by atoms with Crippen LogP contribution in [0.2, 0.25) is 0 Å². The van der Waals surface area contributed by atoms with E-state index in [0.717, 1.165) is 0 Å². The predicted octanol–water partition coefficient (Wildman–Crippen LogP) is 2.92. The Morgan fingerprint density at radius 2 is 2.00 bits per heavy atom. The van der Waals surface area contributed by atoms with E-state index in [1.807, 2.05) is 6.07 Å². The van der Waals surface area contributed by atoms with Gasteiger partial charge < -0.3 is 20.1 Å². The van der Waals surface area contributed by atoms with Crippen LogP contribution in [-0.4, -0.2) is 47.8 Å². The molecule has 1 fully saturated rings. The van der Waals surface area contributed by atoms with E-state index in [2.05, 4.69) is 37.2 Å². The van der Waals surface area contributed by atoms with Gasteiger partial charge in [0, 0.05) is 29.0 Å². The van der Waals surface area contributed by atoms with Gasteiger partial charge in [0.15, 0.2) is 0 Å². The molecule has 114 valence electrons. The van der Waals surface area contributed by atoms with E-state index in [9.17, 15) is 14.7 Å². The average Bonchev–Trinajstić information content (AvgIpc) is 2.87. The van der Waals surface area contributed by atoms with Crippen molar-refractivity contribution in [1.82, 2.24) is 4.90 Å². The van der Waals surface area contributed by atoms with Gasteiger partial charge in [0.25, 0.3) is 0 Å². The highest BCUT2D eigenvalue weighted by atomic mass is 79.9. The highest BCUT2D eigenvalue weighted by molar-refractivity contribution is 9.11. The maximum absolute atomic E-state index is 12.3. The Hall–Kier alpha value is -1.12. The highest BCUT2D eigenvalue weighted by Crippen LogP contribution is 2.31. The molecule has 0 bridgehead atoms. The third-order valence-electron chi connectivity index (χ3n) is 3.34. The van der Waals surface area contributed by atoms with Crippen molar-refractivity contribution in [3.05, 3.63) is 27.1 Å². The summed E-state index contributed by atoms with van der Waals surface area (Å²) in [6, 6.07) is 4.06. The SMILES string of the molecule is COC1CC(C(=O)O)N(C(=O)Nc2c(Br)cccc2Br)C1. The zero-order valence-corrected chi connectivity index (χ0v) is 14.3. The van der Waals surface area contributed by atoms with Gasteiger partial charge in [-0.2, -0.15) is 0 Å². The van der Waals surface area contributed by atoms with E-state index in [4.69, 9.17) is 4.74 Å². The van der Waals surface area contributed by atoms with Gasteiger partial charge in [0.2, 0.25) is 0 Å². The second kappa shape index (κ2) is 6.76. The van der Waals surface area contributed by atoms with Crippen LogP contribution in [0.25, 0.3) is 0 Å². The molecule has 2 N–H and O–H groups in total. The molecule has 2 amide bonds. The lowest BCUT2D eigenvalue weighted by Gasteiger charge is -2.22. The number of carbonyl (C=O) groups is 2. The molecule has 1 aliphatic rings. The molecule has 1 aromatic rings. The topological polar surface area (TPSA) is 78.9 Å². The van der Waals surface area contributed by atoms with Crippen molar-refractivity contribution in [1.29, 1.82) is 0 Å². The van der Waals surface area contributed by atoms with Crippen molar-refractivity contribution in [2.75, 3.05) is 19.0 Å². The van der Waals surface area contributed by atoms with Crippen molar-refractivity contribution in [3.63, 3.8) is 0 Å². The minimum absolute atomic E-state index is 0.251. The first-order chi connectivity index (χ1) is 9.93. The van der Waals surface area contributed by atoms with Gasteiger partial charge in [-0.05, 0) is 44.0 Å². The maximum Gasteiger partial charge on any atom is 0.326 e. The first-order valence-electron chi connectivity index (χ1n) is 6.21. The van der Waals surface area contributed by atoms with Gasteiger partial charge in [0.05, 0.1) is 11.8 Å². The van der Waals surface area contributed by atoms with E-state index < -0.39 is 18.0 Å². The van der Waals surface area contributed by atoms with Crippen LogP contribution in [-0.2, 0) is 9.53 Å². The lowest BCUT2D eigenvalue weighted by Crippen LogP contribution is -2.43. The van der Waals surface area contributed by atoms with Crippen LogP contribution in [0.15, 0.2) is 27.1 Å². The molecule has 0 radical (unpaired) electrons. The summed E-state index contributed by atoms with van der Waals surface area (Å²) in [6.07, 6.45) is 0.0237. The van der Waals surface area contributed by atoms with Crippen molar-refractivity contribution in [2.45, 2.75) is 18.6 Å². The molecule has 2 atom stereocenters. The minimum atomic E-state index is -1.03. The molecule has 0 saturated carbocycles. The molecule has 1 aliphatic heterocycles. The molecule has 0 aliphatic carbocycles. The second-order valence-corrected chi connectivity index (χ2v) is 6.34. The fourth-order valence-electron chi connectivity index (χ4n) is 2.22. The molecular formula is C13H14Br2N2O4. The summed E-state index contributed by atoms with van der Waals surface area (Å²) in [4.78, 5) is 24.9. The van der Waals surface area contributed by atoms with E-state index >= 15 is 0 Å². The highest BCUT2D eigenvalue weighted by Gasteiger charge is 2.40. The van der Waals surface area contributed by atoms with Crippen LogP contribution in [0.1, 0.15) is 6.42 Å². The number of urea groups is 1. The number of rotatable bonds is 3. The zero-order valence-electron chi connectivity index (χ0n) is 11.2. The Morgan fingerprint density at radius 3 is 2.52 bits per heavy atom. The van der Waals surface area contributed by atoms with Gasteiger partial charge in [-0.1, -0.05) is 6.07 Å². The number of amides is 2. The number of likely N-dealkylation sites (tertiary alicyclic amines) is 1. The molecule has 21 heavy (non-hydrogen) atoms. The Labute approximate surface area is 138 Å². The standard InChI is InChI=1S/C13H14Br2N2O4/c1-21-7-5-10(12(18)19)17(6-7)13(20)16-11-8(14)3-2-4-9(11)15/h2-4,7,10H,5-6H2,1H3,(H,16,20)(H,18,19). The van der Waals surface area contributed by atoms with E-state index in [-0.39, 0.29) is 19.1 Å². The summed E-state index contributed by atoms with van der Waals surface area (Å²) in [7, 11) is 1.51. The number of para-hydroxylation sites is 1. The normalized spacial score (nSPS) is 21.4. The van der Waals surface area contributed by atoms with Crippen LogP contribution in [0.5, 0.6) is 0 Å². The van der Waals surface area contributed by atoms with Crippen LogP contribution in [0.4, 0.5) is 10.5 Å². The van der Waals surface area contributed by atoms with Gasteiger partial charge in [-0.25, -0.2) is 9.59 Å². The molecule has 2 unspecified atom stereocenters.